The lowest BCUT2D eigenvalue weighted by molar-refractivity contribution is -0.105. The second-order valence-electron chi connectivity index (χ2n) is 8.98. The third-order valence-electron chi connectivity index (χ3n) is 7.08. The molecule has 2 saturated heterocycles. The van der Waals surface area contributed by atoms with Gasteiger partial charge in [0.05, 0.1) is 18.2 Å². The van der Waals surface area contributed by atoms with Crippen molar-refractivity contribution < 1.29 is 4.74 Å². The summed E-state index contributed by atoms with van der Waals surface area (Å²) in [4.78, 5) is 5.03. The number of rotatable bonds is 4. The van der Waals surface area contributed by atoms with Crippen molar-refractivity contribution >= 4 is 17.0 Å². The van der Waals surface area contributed by atoms with E-state index < -0.39 is 0 Å². The van der Waals surface area contributed by atoms with E-state index in [1.165, 1.54) is 61.4 Å². The summed E-state index contributed by atoms with van der Waals surface area (Å²) >= 11 is 1.79. The standard InChI is InChI=1S/C24H33N3OS/c1-3-17-4-7-22-21(14-17)24-20(23(25-22)18-8-13-29-16-18)6-5-19(28-24)15-27-11-9-26(2)10-12-27/h4,7-8,13-14,16,19-20,23-25H,3,5-6,9-12,15H2,1-2H3. The second-order valence-corrected chi connectivity index (χ2v) is 9.76. The topological polar surface area (TPSA) is 27.7 Å². The van der Waals surface area contributed by atoms with E-state index >= 15 is 0 Å². The van der Waals surface area contributed by atoms with Gasteiger partial charge >= 0.3 is 0 Å². The van der Waals surface area contributed by atoms with Crippen LogP contribution in [0.1, 0.15) is 48.6 Å². The number of nitrogens with zero attached hydrogens (tertiary/aromatic N) is 2. The minimum absolute atomic E-state index is 0.203. The lowest BCUT2D eigenvalue weighted by Crippen LogP contribution is -2.49. The Morgan fingerprint density at radius 2 is 2.00 bits per heavy atom. The predicted molar refractivity (Wildman–Crippen MR) is 121 cm³/mol. The van der Waals surface area contributed by atoms with E-state index in [2.05, 4.69) is 64.1 Å². The van der Waals surface area contributed by atoms with Gasteiger partial charge in [-0.2, -0.15) is 11.3 Å². The molecular weight excluding hydrogens is 378 g/mol. The smallest absolute Gasteiger partial charge is 0.0900 e. The van der Waals surface area contributed by atoms with Gasteiger partial charge < -0.3 is 15.0 Å². The molecule has 1 aromatic carbocycles. The average Bonchev–Trinajstić information content (AvgIpc) is 3.29. The number of hydrogen-bond donors (Lipinski definition) is 1. The van der Waals surface area contributed by atoms with Gasteiger partial charge in [0.25, 0.3) is 0 Å². The highest BCUT2D eigenvalue weighted by molar-refractivity contribution is 7.08. The Bertz CT molecular complexity index is 816. The molecule has 5 heteroatoms. The van der Waals surface area contributed by atoms with Crippen LogP contribution in [-0.2, 0) is 11.2 Å². The second kappa shape index (κ2) is 8.38. The number of nitrogens with one attached hydrogen (secondary N) is 1. The molecule has 3 aliphatic rings. The van der Waals surface area contributed by atoms with Gasteiger partial charge in [0.2, 0.25) is 0 Å². The van der Waals surface area contributed by atoms with Crippen molar-refractivity contribution in [1.82, 2.24) is 9.80 Å². The molecule has 0 amide bonds. The van der Waals surface area contributed by atoms with Crippen LogP contribution in [0.3, 0.4) is 0 Å². The van der Waals surface area contributed by atoms with Crippen LogP contribution in [0.5, 0.6) is 0 Å². The zero-order valence-electron chi connectivity index (χ0n) is 17.6. The van der Waals surface area contributed by atoms with E-state index in [4.69, 9.17) is 4.74 Å². The van der Waals surface area contributed by atoms with Crippen LogP contribution in [0.4, 0.5) is 5.69 Å². The highest BCUT2D eigenvalue weighted by atomic mass is 32.1. The first kappa shape index (κ1) is 19.6. The molecule has 29 heavy (non-hydrogen) atoms. The maximum Gasteiger partial charge on any atom is 0.0900 e. The van der Waals surface area contributed by atoms with E-state index in [1.54, 1.807) is 11.3 Å². The fourth-order valence-electron chi connectivity index (χ4n) is 5.26. The molecule has 0 saturated carbocycles. The van der Waals surface area contributed by atoms with Crippen molar-refractivity contribution in [2.24, 2.45) is 5.92 Å². The van der Waals surface area contributed by atoms with Crippen molar-refractivity contribution in [1.29, 1.82) is 0 Å². The molecule has 0 radical (unpaired) electrons. The quantitative estimate of drug-likeness (QED) is 0.798. The highest BCUT2D eigenvalue weighted by Gasteiger charge is 2.42. The number of hydrogen-bond acceptors (Lipinski definition) is 5. The van der Waals surface area contributed by atoms with Gasteiger partial charge in [0.1, 0.15) is 0 Å². The minimum atomic E-state index is 0.203. The van der Waals surface area contributed by atoms with Gasteiger partial charge in [0.15, 0.2) is 0 Å². The molecule has 4 nitrogen and oxygen atoms in total. The monoisotopic (exact) mass is 411 g/mol. The minimum Gasteiger partial charge on any atom is -0.378 e. The van der Waals surface area contributed by atoms with Gasteiger partial charge in [0, 0.05) is 49.9 Å². The lowest BCUT2D eigenvalue weighted by Gasteiger charge is -2.46. The van der Waals surface area contributed by atoms with Gasteiger partial charge in [-0.15, -0.1) is 0 Å². The number of benzene rings is 1. The summed E-state index contributed by atoms with van der Waals surface area (Å²) in [7, 11) is 2.22. The van der Waals surface area contributed by atoms with E-state index in [0.717, 1.165) is 13.0 Å². The number of anilines is 1. The summed E-state index contributed by atoms with van der Waals surface area (Å²) in [6, 6.07) is 9.57. The van der Waals surface area contributed by atoms with Crippen LogP contribution in [0, 0.1) is 5.92 Å². The Hall–Kier alpha value is -1.40. The summed E-state index contributed by atoms with van der Waals surface area (Å²) in [5, 5.41) is 8.36. The Morgan fingerprint density at radius 3 is 2.76 bits per heavy atom. The molecule has 2 fully saturated rings. The van der Waals surface area contributed by atoms with Crippen molar-refractivity contribution in [2.45, 2.75) is 44.4 Å². The molecule has 1 aromatic heterocycles. The number of piperazine rings is 1. The highest BCUT2D eigenvalue weighted by Crippen LogP contribution is 2.50. The number of thiophene rings is 1. The zero-order valence-corrected chi connectivity index (χ0v) is 18.5. The lowest BCUT2D eigenvalue weighted by atomic mass is 9.76. The normalized spacial score (nSPS) is 30.4. The Labute approximate surface area is 178 Å². The Balaban J connectivity index is 1.39. The van der Waals surface area contributed by atoms with E-state index in [0.29, 0.717) is 18.1 Å². The molecule has 3 aliphatic heterocycles. The zero-order chi connectivity index (χ0) is 19.8. The summed E-state index contributed by atoms with van der Waals surface area (Å²) in [5.74, 6) is 0.507. The van der Waals surface area contributed by atoms with Crippen LogP contribution < -0.4 is 5.32 Å². The fraction of sp³-hybridized carbons (Fsp3) is 0.583. The molecule has 0 spiro atoms. The maximum atomic E-state index is 6.88. The van der Waals surface area contributed by atoms with Crippen LogP contribution in [0.15, 0.2) is 35.0 Å². The van der Waals surface area contributed by atoms with Gasteiger partial charge in [-0.05, 0) is 60.3 Å². The maximum absolute atomic E-state index is 6.88. The van der Waals surface area contributed by atoms with Gasteiger partial charge in [-0.3, -0.25) is 4.90 Å². The van der Waals surface area contributed by atoms with E-state index in [-0.39, 0.29) is 6.10 Å². The first-order valence-electron chi connectivity index (χ1n) is 11.2. The van der Waals surface area contributed by atoms with Crippen molar-refractivity contribution in [3.8, 4) is 0 Å². The molecule has 0 bridgehead atoms. The van der Waals surface area contributed by atoms with Gasteiger partial charge in [-0.25, -0.2) is 0 Å². The van der Waals surface area contributed by atoms with Gasteiger partial charge in [-0.1, -0.05) is 19.1 Å². The molecule has 0 aliphatic carbocycles. The molecule has 4 unspecified atom stereocenters. The first-order valence-corrected chi connectivity index (χ1v) is 12.1. The Kier molecular flexibility index (Phi) is 5.65. The third kappa shape index (κ3) is 3.98. The largest absolute Gasteiger partial charge is 0.378 e. The van der Waals surface area contributed by atoms with Crippen LogP contribution in [-0.4, -0.2) is 55.7 Å². The van der Waals surface area contributed by atoms with Crippen LogP contribution in [0.2, 0.25) is 0 Å². The molecule has 1 N–H and O–H groups in total. The first-order chi connectivity index (χ1) is 14.2. The third-order valence-corrected chi connectivity index (χ3v) is 7.78. The van der Waals surface area contributed by atoms with Crippen molar-refractivity contribution in [3.05, 3.63) is 51.7 Å². The average molecular weight is 412 g/mol. The van der Waals surface area contributed by atoms with Crippen LogP contribution >= 0.6 is 11.3 Å². The van der Waals surface area contributed by atoms with E-state index in [1.807, 2.05) is 0 Å². The number of fused-ring (bicyclic) bond motifs is 3. The molecule has 4 atom stereocenters. The number of ether oxygens (including phenoxy) is 1. The Morgan fingerprint density at radius 1 is 1.14 bits per heavy atom. The molecular formula is C24H33N3OS. The summed E-state index contributed by atoms with van der Waals surface area (Å²) in [5.41, 5.74) is 5.46. The number of aryl methyl sites for hydroxylation is 1. The van der Waals surface area contributed by atoms with Crippen molar-refractivity contribution in [2.75, 3.05) is 45.1 Å². The van der Waals surface area contributed by atoms with Crippen molar-refractivity contribution in [3.63, 3.8) is 0 Å². The van der Waals surface area contributed by atoms with E-state index in [9.17, 15) is 0 Å². The predicted octanol–water partition coefficient (Wildman–Crippen LogP) is 4.56. The molecule has 4 heterocycles. The molecule has 5 rings (SSSR count). The summed E-state index contributed by atoms with van der Waals surface area (Å²) in [6.45, 7) is 8.00. The SMILES string of the molecule is CCc1ccc2c(c1)C1OC(CN3CCN(C)CC3)CCC1C(c1ccsc1)N2. The van der Waals surface area contributed by atoms with Crippen LogP contribution in [0.25, 0.3) is 0 Å². The fourth-order valence-corrected chi connectivity index (χ4v) is 5.96. The molecule has 156 valence electrons. The summed E-state index contributed by atoms with van der Waals surface area (Å²) in [6.07, 6.45) is 4.02. The molecule has 2 aromatic rings. The number of likely N-dealkylation sites (N-methyl/N-ethyl adjacent to an activating group) is 1. The summed E-state index contributed by atoms with van der Waals surface area (Å²) < 4.78 is 6.88.